The Hall–Kier alpha value is -1.49. The zero-order valence-corrected chi connectivity index (χ0v) is 9.83. The van der Waals surface area contributed by atoms with E-state index in [0.29, 0.717) is 11.9 Å². The van der Waals surface area contributed by atoms with Crippen LogP contribution in [-0.4, -0.2) is 38.0 Å². The zero-order valence-electron chi connectivity index (χ0n) is 9.83. The molecule has 2 heterocycles. The number of aliphatic imine (C=N–C) groups is 1. The van der Waals surface area contributed by atoms with Crippen LogP contribution in [-0.2, 0) is 0 Å². The average molecular weight is 221 g/mol. The molecule has 1 fully saturated rings. The molecule has 0 aliphatic carbocycles. The van der Waals surface area contributed by atoms with Crippen LogP contribution in [0.3, 0.4) is 0 Å². The Bertz CT molecular complexity index is 347. The van der Waals surface area contributed by atoms with Crippen molar-refractivity contribution in [2.45, 2.75) is 6.42 Å². The molecule has 1 atom stereocenters. The minimum Gasteiger partial charge on any atom is -0.379 e. The van der Waals surface area contributed by atoms with Crippen LogP contribution in [0.15, 0.2) is 28.7 Å². The Morgan fingerprint density at radius 3 is 2.94 bits per heavy atom. The number of rotatable bonds is 2. The normalized spacial score (nSPS) is 27.4. The van der Waals surface area contributed by atoms with E-state index in [0.717, 1.165) is 18.8 Å². The second-order valence-electron chi connectivity index (χ2n) is 4.34. The Morgan fingerprint density at radius 2 is 2.38 bits per heavy atom. The molecule has 0 aromatic heterocycles. The van der Waals surface area contributed by atoms with Crippen LogP contribution in [0.1, 0.15) is 6.42 Å². The summed E-state index contributed by atoms with van der Waals surface area (Å²) >= 11 is 0. The third kappa shape index (κ3) is 2.19. The SMILES string of the molecule is CN(C)/C(=C1/C=CN=C(N)N1)C1CCNC1. The van der Waals surface area contributed by atoms with E-state index in [-0.39, 0.29) is 0 Å². The van der Waals surface area contributed by atoms with Crippen molar-refractivity contribution in [2.24, 2.45) is 16.6 Å². The molecule has 5 heteroatoms. The molecule has 2 rings (SSSR count). The molecular formula is C11H19N5. The van der Waals surface area contributed by atoms with Crippen molar-refractivity contribution in [3.63, 3.8) is 0 Å². The third-order valence-electron chi connectivity index (χ3n) is 2.92. The van der Waals surface area contributed by atoms with Crippen LogP contribution < -0.4 is 16.4 Å². The molecule has 0 bridgehead atoms. The van der Waals surface area contributed by atoms with Crippen LogP contribution in [0.2, 0.25) is 0 Å². The fourth-order valence-electron chi connectivity index (χ4n) is 2.27. The highest BCUT2D eigenvalue weighted by atomic mass is 15.2. The van der Waals surface area contributed by atoms with Crippen LogP contribution in [0.4, 0.5) is 0 Å². The van der Waals surface area contributed by atoms with Gasteiger partial charge in [-0.2, -0.15) is 0 Å². The molecule has 0 aromatic rings. The van der Waals surface area contributed by atoms with Gasteiger partial charge in [0.25, 0.3) is 0 Å². The lowest BCUT2D eigenvalue weighted by atomic mass is 10.0. The predicted molar refractivity (Wildman–Crippen MR) is 65.6 cm³/mol. The van der Waals surface area contributed by atoms with Crippen LogP contribution in [0, 0.1) is 5.92 Å². The number of nitrogens with two attached hydrogens (primary N) is 1. The van der Waals surface area contributed by atoms with Crippen molar-refractivity contribution in [3.05, 3.63) is 23.7 Å². The quantitative estimate of drug-likeness (QED) is 0.604. The summed E-state index contributed by atoms with van der Waals surface area (Å²) in [4.78, 5) is 6.14. The van der Waals surface area contributed by atoms with E-state index in [9.17, 15) is 0 Å². The molecule has 1 unspecified atom stereocenters. The van der Waals surface area contributed by atoms with Gasteiger partial charge in [-0.1, -0.05) is 0 Å². The van der Waals surface area contributed by atoms with Gasteiger partial charge in [0, 0.05) is 38.5 Å². The van der Waals surface area contributed by atoms with Crippen molar-refractivity contribution in [1.82, 2.24) is 15.5 Å². The molecule has 88 valence electrons. The molecule has 0 spiro atoms. The second kappa shape index (κ2) is 4.57. The first-order valence-corrected chi connectivity index (χ1v) is 5.57. The number of guanidine groups is 1. The molecule has 16 heavy (non-hydrogen) atoms. The highest BCUT2D eigenvalue weighted by Crippen LogP contribution is 2.23. The van der Waals surface area contributed by atoms with Crippen LogP contribution in [0.5, 0.6) is 0 Å². The zero-order chi connectivity index (χ0) is 11.5. The van der Waals surface area contributed by atoms with E-state index in [1.165, 1.54) is 12.1 Å². The molecule has 5 nitrogen and oxygen atoms in total. The maximum atomic E-state index is 5.68. The van der Waals surface area contributed by atoms with Crippen LogP contribution in [0.25, 0.3) is 0 Å². The molecule has 2 aliphatic heterocycles. The molecular weight excluding hydrogens is 202 g/mol. The first-order chi connectivity index (χ1) is 7.68. The summed E-state index contributed by atoms with van der Waals surface area (Å²) in [6, 6.07) is 0. The standard InChI is InChI=1S/C11H19N5/c1-16(2)10(8-3-5-13-7-8)9-4-6-14-11(12)15-9/h4,6,8,13H,3,5,7H2,1-2H3,(H3,12,14,15)/b10-9-. The monoisotopic (exact) mass is 221 g/mol. The molecule has 1 saturated heterocycles. The number of hydrogen-bond acceptors (Lipinski definition) is 5. The fraction of sp³-hybridized carbons (Fsp3) is 0.545. The van der Waals surface area contributed by atoms with Gasteiger partial charge in [-0.3, -0.25) is 0 Å². The Morgan fingerprint density at radius 1 is 1.56 bits per heavy atom. The molecule has 0 aromatic carbocycles. The van der Waals surface area contributed by atoms with Gasteiger partial charge in [-0.15, -0.1) is 0 Å². The molecule has 2 aliphatic rings. The highest BCUT2D eigenvalue weighted by Gasteiger charge is 2.23. The Kier molecular flexibility index (Phi) is 3.14. The van der Waals surface area contributed by atoms with Crippen molar-refractivity contribution >= 4 is 5.96 Å². The number of allylic oxidation sites excluding steroid dienone is 1. The van der Waals surface area contributed by atoms with Gasteiger partial charge in [-0.25, -0.2) is 4.99 Å². The second-order valence-corrected chi connectivity index (χ2v) is 4.34. The topological polar surface area (TPSA) is 65.7 Å². The molecule has 0 amide bonds. The fourth-order valence-corrected chi connectivity index (χ4v) is 2.27. The maximum Gasteiger partial charge on any atom is 0.197 e. The van der Waals surface area contributed by atoms with E-state index in [1.54, 1.807) is 6.20 Å². The largest absolute Gasteiger partial charge is 0.379 e. The number of nitrogens with one attached hydrogen (secondary N) is 2. The summed E-state index contributed by atoms with van der Waals surface area (Å²) < 4.78 is 0. The van der Waals surface area contributed by atoms with E-state index in [2.05, 4.69) is 34.6 Å². The van der Waals surface area contributed by atoms with Gasteiger partial charge in [0.05, 0.1) is 5.70 Å². The summed E-state index contributed by atoms with van der Waals surface area (Å²) in [7, 11) is 4.14. The van der Waals surface area contributed by atoms with Crippen molar-refractivity contribution in [3.8, 4) is 0 Å². The van der Waals surface area contributed by atoms with Gasteiger partial charge < -0.3 is 21.3 Å². The van der Waals surface area contributed by atoms with E-state index < -0.39 is 0 Å². The van der Waals surface area contributed by atoms with Gasteiger partial charge in [0.1, 0.15) is 0 Å². The third-order valence-corrected chi connectivity index (χ3v) is 2.92. The van der Waals surface area contributed by atoms with Crippen molar-refractivity contribution < 1.29 is 0 Å². The lowest BCUT2D eigenvalue weighted by Crippen LogP contribution is -2.35. The minimum atomic E-state index is 0.461. The summed E-state index contributed by atoms with van der Waals surface area (Å²) in [6.45, 7) is 2.12. The van der Waals surface area contributed by atoms with Gasteiger partial charge in [0.2, 0.25) is 0 Å². The van der Waals surface area contributed by atoms with Gasteiger partial charge in [0.15, 0.2) is 5.96 Å². The lowest BCUT2D eigenvalue weighted by Gasteiger charge is -2.26. The lowest BCUT2D eigenvalue weighted by molar-refractivity contribution is 0.422. The smallest absolute Gasteiger partial charge is 0.197 e. The molecule has 0 radical (unpaired) electrons. The van der Waals surface area contributed by atoms with E-state index in [1.807, 2.05) is 6.08 Å². The number of nitrogens with zero attached hydrogens (tertiary/aromatic N) is 2. The Balaban J connectivity index is 2.27. The summed E-state index contributed by atoms with van der Waals surface area (Å²) in [5.74, 6) is 1.01. The van der Waals surface area contributed by atoms with E-state index in [4.69, 9.17) is 5.73 Å². The first kappa shape index (κ1) is 11.0. The maximum absolute atomic E-state index is 5.68. The first-order valence-electron chi connectivity index (χ1n) is 5.57. The highest BCUT2D eigenvalue weighted by molar-refractivity contribution is 5.82. The van der Waals surface area contributed by atoms with Gasteiger partial charge in [-0.05, 0) is 19.0 Å². The summed E-state index contributed by atoms with van der Waals surface area (Å²) in [6.07, 6.45) is 4.89. The van der Waals surface area contributed by atoms with Crippen molar-refractivity contribution in [2.75, 3.05) is 27.2 Å². The summed E-state index contributed by atoms with van der Waals surface area (Å²) in [5, 5.41) is 6.51. The Labute approximate surface area is 96.1 Å². The molecule has 0 saturated carbocycles. The van der Waals surface area contributed by atoms with E-state index >= 15 is 0 Å². The predicted octanol–water partition coefficient (Wildman–Crippen LogP) is -0.199. The van der Waals surface area contributed by atoms with Gasteiger partial charge >= 0.3 is 0 Å². The summed E-state index contributed by atoms with van der Waals surface area (Å²) in [5.41, 5.74) is 8.03. The van der Waals surface area contributed by atoms with Crippen LogP contribution >= 0.6 is 0 Å². The average Bonchev–Trinajstić information content (AvgIpc) is 2.71. The molecule has 4 N–H and O–H groups in total. The van der Waals surface area contributed by atoms with Crippen molar-refractivity contribution in [1.29, 1.82) is 0 Å². The number of hydrogen-bond donors (Lipinski definition) is 3. The minimum absolute atomic E-state index is 0.461.